The van der Waals surface area contributed by atoms with Crippen LogP contribution in [0.15, 0.2) is 48.5 Å². The van der Waals surface area contributed by atoms with Crippen LogP contribution in [0.5, 0.6) is 5.75 Å². The molecule has 3 amide bonds. The van der Waals surface area contributed by atoms with E-state index in [-0.39, 0.29) is 23.9 Å². The van der Waals surface area contributed by atoms with E-state index in [4.69, 9.17) is 4.74 Å². The molecule has 0 aromatic heterocycles. The first-order valence-corrected chi connectivity index (χ1v) is 10.6. The van der Waals surface area contributed by atoms with Crippen LogP contribution in [0.3, 0.4) is 0 Å². The molecular weight excluding hydrogens is 378 g/mol. The number of urea groups is 1. The van der Waals surface area contributed by atoms with Crippen LogP contribution >= 0.6 is 0 Å². The van der Waals surface area contributed by atoms with Crippen LogP contribution in [-0.4, -0.2) is 44.1 Å². The van der Waals surface area contributed by atoms with E-state index >= 15 is 0 Å². The van der Waals surface area contributed by atoms with Crippen molar-refractivity contribution < 1.29 is 14.3 Å². The Bertz CT molecular complexity index is 866. The fourth-order valence-electron chi connectivity index (χ4n) is 4.02. The predicted molar refractivity (Wildman–Crippen MR) is 118 cm³/mol. The molecule has 1 heterocycles. The maximum Gasteiger partial charge on any atom is 0.317 e. The largest absolute Gasteiger partial charge is 0.497 e. The lowest BCUT2D eigenvalue weighted by Crippen LogP contribution is -2.43. The van der Waals surface area contributed by atoms with Crippen molar-refractivity contribution in [3.8, 4) is 5.75 Å². The molecule has 2 aromatic carbocycles. The summed E-state index contributed by atoms with van der Waals surface area (Å²) in [6.07, 6.45) is 2.77. The van der Waals surface area contributed by atoms with Gasteiger partial charge in [0.1, 0.15) is 5.75 Å². The third kappa shape index (κ3) is 5.12. The number of nitrogens with zero attached hydrogens (tertiary/aromatic N) is 1. The number of rotatable bonds is 6. The first-order chi connectivity index (χ1) is 14.5. The van der Waals surface area contributed by atoms with Gasteiger partial charge in [-0.25, -0.2) is 4.79 Å². The van der Waals surface area contributed by atoms with Gasteiger partial charge in [0.15, 0.2) is 0 Å². The van der Waals surface area contributed by atoms with Gasteiger partial charge < -0.3 is 20.3 Å². The summed E-state index contributed by atoms with van der Waals surface area (Å²) in [5.74, 6) is 0.955. The van der Waals surface area contributed by atoms with Gasteiger partial charge in [-0.2, -0.15) is 0 Å². The number of piperidine rings is 1. The van der Waals surface area contributed by atoms with Crippen LogP contribution in [0, 0.1) is 0 Å². The van der Waals surface area contributed by atoms with Crippen LogP contribution in [0.1, 0.15) is 59.6 Å². The average Bonchev–Trinajstić information content (AvgIpc) is 2.82. The molecule has 1 fully saturated rings. The molecular formula is C24H31N3O3. The van der Waals surface area contributed by atoms with E-state index in [1.807, 2.05) is 47.4 Å². The van der Waals surface area contributed by atoms with Crippen LogP contribution in [0.4, 0.5) is 4.79 Å². The van der Waals surface area contributed by atoms with Gasteiger partial charge in [0, 0.05) is 31.6 Å². The predicted octanol–water partition coefficient (Wildman–Crippen LogP) is 4.10. The van der Waals surface area contributed by atoms with Gasteiger partial charge >= 0.3 is 6.03 Å². The second-order valence-electron chi connectivity index (χ2n) is 7.67. The molecule has 6 heteroatoms. The number of ether oxygens (including phenoxy) is 1. The number of hydrogen-bond acceptors (Lipinski definition) is 3. The SMILES string of the molecule is CCC(NC(=O)c1cccc(C2CCCN(C(=O)NC)C2)c1)c1ccc(OC)cc1. The zero-order valence-electron chi connectivity index (χ0n) is 18.0. The molecule has 2 unspecified atom stereocenters. The molecule has 2 N–H and O–H groups in total. The zero-order chi connectivity index (χ0) is 21.5. The van der Waals surface area contributed by atoms with Gasteiger partial charge in [0.2, 0.25) is 0 Å². The number of carbonyl (C=O) groups excluding carboxylic acids is 2. The summed E-state index contributed by atoms with van der Waals surface area (Å²) >= 11 is 0. The highest BCUT2D eigenvalue weighted by atomic mass is 16.5. The van der Waals surface area contributed by atoms with Gasteiger partial charge in [-0.05, 0) is 54.7 Å². The molecule has 1 aliphatic heterocycles. The number of hydrogen-bond donors (Lipinski definition) is 2. The minimum Gasteiger partial charge on any atom is -0.497 e. The lowest BCUT2D eigenvalue weighted by molar-refractivity contribution is 0.0935. The van der Waals surface area contributed by atoms with E-state index in [2.05, 4.69) is 23.6 Å². The number of likely N-dealkylation sites (tertiary alicyclic amines) is 1. The second-order valence-corrected chi connectivity index (χ2v) is 7.67. The first-order valence-electron chi connectivity index (χ1n) is 10.6. The van der Waals surface area contributed by atoms with Gasteiger partial charge in [-0.3, -0.25) is 4.79 Å². The van der Waals surface area contributed by atoms with Crippen molar-refractivity contribution in [1.29, 1.82) is 0 Å². The van der Waals surface area contributed by atoms with E-state index in [0.717, 1.165) is 42.7 Å². The summed E-state index contributed by atoms with van der Waals surface area (Å²) in [6.45, 7) is 3.51. The molecule has 30 heavy (non-hydrogen) atoms. The van der Waals surface area contributed by atoms with E-state index in [1.165, 1.54) is 0 Å². The van der Waals surface area contributed by atoms with Crippen molar-refractivity contribution in [1.82, 2.24) is 15.5 Å². The molecule has 1 saturated heterocycles. The molecule has 2 aromatic rings. The summed E-state index contributed by atoms with van der Waals surface area (Å²) in [5.41, 5.74) is 2.81. The van der Waals surface area contributed by atoms with Gasteiger partial charge in [-0.15, -0.1) is 0 Å². The lowest BCUT2D eigenvalue weighted by Gasteiger charge is -2.32. The fraction of sp³-hybridized carbons (Fsp3) is 0.417. The summed E-state index contributed by atoms with van der Waals surface area (Å²) < 4.78 is 5.22. The van der Waals surface area contributed by atoms with Crippen molar-refractivity contribution in [2.24, 2.45) is 0 Å². The summed E-state index contributed by atoms with van der Waals surface area (Å²) in [6, 6.07) is 15.5. The second kappa shape index (κ2) is 10.1. The van der Waals surface area contributed by atoms with Crippen molar-refractivity contribution in [2.45, 2.75) is 38.1 Å². The molecule has 0 aliphatic carbocycles. The smallest absolute Gasteiger partial charge is 0.317 e. The van der Waals surface area contributed by atoms with E-state index < -0.39 is 0 Å². The average molecular weight is 410 g/mol. The molecule has 0 saturated carbocycles. The lowest BCUT2D eigenvalue weighted by atomic mass is 9.89. The first kappa shape index (κ1) is 21.7. The standard InChI is InChI=1S/C24H31N3O3/c1-4-22(17-10-12-21(30-3)13-11-17)26-23(28)19-8-5-7-18(15-19)20-9-6-14-27(16-20)24(29)25-2/h5,7-8,10-13,15,20,22H,4,6,9,14,16H2,1-3H3,(H,25,29)(H,26,28). The third-order valence-electron chi connectivity index (χ3n) is 5.77. The summed E-state index contributed by atoms with van der Waals surface area (Å²) in [5, 5.41) is 5.85. The Morgan fingerprint density at radius 2 is 1.97 bits per heavy atom. The van der Waals surface area contributed by atoms with E-state index in [9.17, 15) is 9.59 Å². The number of methoxy groups -OCH3 is 1. The Morgan fingerprint density at radius 3 is 2.63 bits per heavy atom. The maximum absolute atomic E-state index is 13.0. The highest BCUT2D eigenvalue weighted by Gasteiger charge is 2.25. The van der Waals surface area contributed by atoms with Crippen molar-refractivity contribution in [2.75, 3.05) is 27.2 Å². The summed E-state index contributed by atoms with van der Waals surface area (Å²) in [4.78, 5) is 26.8. The third-order valence-corrected chi connectivity index (χ3v) is 5.77. The number of amides is 3. The Morgan fingerprint density at radius 1 is 1.20 bits per heavy atom. The number of nitrogens with one attached hydrogen (secondary N) is 2. The monoisotopic (exact) mass is 409 g/mol. The van der Waals surface area contributed by atoms with Crippen molar-refractivity contribution in [3.05, 3.63) is 65.2 Å². The molecule has 0 spiro atoms. The Hall–Kier alpha value is -3.02. The molecule has 0 radical (unpaired) electrons. The number of carbonyl (C=O) groups is 2. The van der Waals surface area contributed by atoms with Gasteiger partial charge in [0.25, 0.3) is 5.91 Å². The molecule has 1 aliphatic rings. The van der Waals surface area contributed by atoms with Crippen molar-refractivity contribution in [3.63, 3.8) is 0 Å². The Balaban J connectivity index is 1.71. The summed E-state index contributed by atoms with van der Waals surface area (Å²) in [7, 11) is 3.30. The van der Waals surface area contributed by atoms with Crippen molar-refractivity contribution >= 4 is 11.9 Å². The minimum atomic E-state index is -0.0847. The minimum absolute atomic E-state index is 0.0427. The Labute approximate surface area is 178 Å². The number of benzene rings is 2. The van der Waals surface area contributed by atoms with Crippen LogP contribution < -0.4 is 15.4 Å². The van der Waals surface area contributed by atoms with E-state index in [1.54, 1.807) is 14.2 Å². The highest BCUT2D eigenvalue weighted by molar-refractivity contribution is 5.94. The van der Waals surface area contributed by atoms with Crippen LogP contribution in [0.2, 0.25) is 0 Å². The Kier molecular flexibility index (Phi) is 7.33. The molecule has 3 rings (SSSR count). The molecule has 2 atom stereocenters. The normalized spacial score (nSPS) is 17.2. The quantitative estimate of drug-likeness (QED) is 0.755. The fourth-order valence-corrected chi connectivity index (χ4v) is 4.02. The molecule has 0 bridgehead atoms. The van der Waals surface area contributed by atoms with Crippen LogP contribution in [0.25, 0.3) is 0 Å². The molecule has 6 nitrogen and oxygen atoms in total. The van der Waals surface area contributed by atoms with Crippen LogP contribution in [-0.2, 0) is 0 Å². The van der Waals surface area contributed by atoms with E-state index in [0.29, 0.717) is 12.1 Å². The topological polar surface area (TPSA) is 70.7 Å². The zero-order valence-corrected chi connectivity index (χ0v) is 18.0. The maximum atomic E-state index is 13.0. The van der Waals surface area contributed by atoms with Gasteiger partial charge in [-0.1, -0.05) is 31.2 Å². The highest BCUT2D eigenvalue weighted by Crippen LogP contribution is 2.28. The molecule has 160 valence electrons. The van der Waals surface area contributed by atoms with Gasteiger partial charge in [0.05, 0.1) is 13.2 Å².